The summed E-state index contributed by atoms with van der Waals surface area (Å²) in [6.07, 6.45) is 1.25. The lowest BCUT2D eigenvalue weighted by molar-refractivity contribution is -0.125. The van der Waals surface area contributed by atoms with Crippen molar-refractivity contribution in [1.82, 2.24) is 0 Å². The Balaban J connectivity index is 1.73. The molecule has 0 radical (unpaired) electrons. The van der Waals surface area contributed by atoms with Crippen LogP contribution in [0, 0.1) is 0 Å². The molecule has 0 bridgehead atoms. The molecule has 0 atom stereocenters. The standard InChI is InChI=1S/C25H26ClNO3/c1-17(2)30-23-12-11-22(18-7-3-4-8-19(18)23)27-24(28)25(13-15-29-16-14-25)20-9-5-6-10-21(20)26/h3-12,17H,13-16H2,1-2H3,(H,27,28). The van der Waals surface area contributed by atoms with Gasteiger partial charge in [0, 0.05) is 34.7 Å². The molecule has 1 N–H and O–H groups in total. The molecule has 0 aromatic heterocycles. The van der Waals surface area contributed by atoms with Crippen LogP contribution in [-0.4, -0.2) is 25.2 Å². The van der Waals surface area contributed by atoms with Crippen molar-refractivity contribution in [3.63, 3.8) is 0 Å². The predicted octanol–water partition coefficient (Wildman–Crippen LogP) is 5.97. The number of ether oxygens (including phenoxy) is 2. The maximum absolute atomic E-state index is 13.7. The number of anilines is 1. The molecule has 1 aliphatic heterocycles. The zero-order chi connectivity index (χ0) is 21.1. The second kappa shape index (κ2) is 8.66. The van der Waals surface area contributed by atoms with Crippen LogP contribution in [-0.2, 0) is 14.9 Å². The fourth-order valence-electron chi connectivity index (χ4n) is 4.17. The molecule has 4 rings (SSSR count). The van der Waals surface area contributed by atoms with Crippen LogP contribution in [0.4, 0.5) is 5.69 Å². The maximum atomic E-state index is 13.7. The van der Waals surface area contributed by atoms with Crippen LogP contribution >= 0.6 is 11.6 Å². The van der Waals surface area contributed by atoms with Gasteiger partial charge >= 0.3 is 0 Å². The fraction of sp³-hybridized carbons (Fsp3) is 0.320. The quantitative estimate of drug-likeness (QED) is 0.550. The van der Waals surface area contributed by atoms with Crippen LogP contribution < -0.4 is 10.1 Å². The summed E-state index contributed by atoms with van der Waals surface area (Å²) in [6.45, 7) is 5.06. The van der Waals surface area contributed by atoms with Crippen molar-refractivity contribution in [2.75, 3.05) is 18.5 Å². The Morgan fingerprint density at radius 2 is 1.67 bits per heavy atom. The summed E-state index contributed by atoms with van der Waals surface area (Å²) in [6, 6.07) is 19.4. The van der Waals surface area contributed by atoms with E-state index in [1.54, 1.807) is 0 Å². The van der Waals surface area contributed by atoms with Gasteiger partial charge in [0.25, 0.3) is 0 Å². The van der Waals surface area contributed by atoms with Gasteiger partial charge in [-0.2, -0.15) is 0 Å². The minimum Gasteiger partial charge on any atom is -0.490 e. The summed E-state index contributed by atoms with van der Waals surface area (Å²) in [5, 5.41) is 5.73. The lowest BCUT2D eigenvalue weighted by atomic mass is 9.73. The van der Waals surface area contributed by atoms with Gasteiger partial charge in [-0.25, -0.2) is 0 Å². The Morgan fingerprint density at radius 3 is 2.37 bits per heavy atom. The van der Waals surface area contributed by atoms with Gasteiger partial charge in [-0.1, -0.05) is 54.1 Å². The topological polar surface area (TPSA) is 47.6 Å². The van der Waals surface area contributed by atoms with Crippen molar-refractivity contribution in [2.45, 2.75) is 38.2 Å². The first-order chi connectivity index (χ1) is 14.5. The van der Waals surface area contributed by atoms with E-state index in [0.29, 0.717) is 31.1 Å². The SMILES string of the molecule is CC(C)Oc1ccc(NC(=O)C2(c3ccccc3Cl)CCOCC2)c2ccccc12. The van der Waals surface area contributed by atoms with E-state index < -0.39 is 5.41 Å². The third-order valence-corrected chi connectivity index (χ3v) is 5.99. The maximum Gasteiger partial charge on any atom is 0.235 e. The number of carbonyl (C=O) groups is 1. The zero-order valence-corrected chi connectivity index (χ0v) is 18.0. The molecule has 0 aliphatic carbocycles. The van der Waals surface area contributed by atoms with Crippen LogP contribution in [0.3, 0.4) is 0 Å². The highest BCUT2D eigenvalue weighted by Gasteiger charge is 2.43. The lowest BCUT2D eigenvalue weighted by Crippen LogP contribution is -2.45. The first-order valence-electron chi connectivity index (χ1n) is 10.3. The smallest absolute Gasteiger partial charge is 0.235 e. The molecule has 3 aromatic rings. The summed E-state index contributed by atoms with van der Waals surface area (Å²) in [4.78, 5) is 13.7. The molecule has 1 amide bonds. The van der Waals surface area contributed by atoms with Crippen molar-refractivity contribution in [3.8, 4) is 5.75 Å². The van der Waals surface area contributed by atoms with E-state index in [4.69, 9.17) is 21.1 Å². The summed E-state index contributed by atoms with van der Waals surface area (Å²) >= 11 is 6.52. The van der Waals surface area contributed by atoms with Gasteiger partial charge in [0.15, 0.2) is 0 Å². The molecule has 1 fully saturated rings. The Kier molecular flexibility index (Phi) is 5.98. The minimum atomic E-state index is -0.717. The lowest BCUT2D eigenvalue weighted by Gasteiger charge is -2.37. The number of hydrogen-bond donors (Lipinski definition) is 1. The van der Waals surface area contributed by atoms with Gasteiger partial charge < -0.3 is 14.8 Å². The molecular formula is C25H26ClNO3. The molecular weight excluding hydrogens is 398 g/mol. The predicted molar refractivity (Wildman–Crippen MR) is 122 cm³/mol. The van der Waals surface area contributed by atoms with Crippen LogP contribution in [0.1, 0.15) is 32.3 Å². The van der Waals surface area contributed by atoms with E-state index in [1.807, 2.05) is 74.5 Å². The van der Waals surface area contributed by atoms with Crippen LogP contribution in [0.5, 0.6) is 5.75 Å². The number of hydrogen-bond acceptors (Lipinski definition) is 3. The monoisotopic (exact) mass is 423 g/mol. The third kappa shape index (κ3) is 3.90. The molecule has 0 spiro atoms. The average Bonchev–Trinajstić information content (AvgIpc) is 2.76. The van der Waals surface area contributed by atoms with Gasteiger partial charge in [0.1, 0.15) is 5.75 Å². The van der Waals surface area contributed by atoms with Crippen LogP contribution in [0.2, 0.25) is 5.02 Å². The molecule has 3 aromatic carbocycles. The molecule has 1 aliphatic rings. The molecule has 5 heteroatoms. The molecule has 1 saturated heterocycles. The van der Waals surface area contributed by atoms with Crippen LogP contribution in [0.25, 0.3) is 10.8 Å². The first kappa shape index (κ1) is 20.7. The highest BCUT2D eigenvalue weighted by Crippen LogP contribution is 2.40. The Morgan fingerprint density at radius 1 is 1.00 bits per heavy atom. The minimum absolute atomic E-state index is 0.0541. The summed E-state index contributed by atoms with van der Waals surface area (Å²) in [5.74, 6) is 0.757. The Bertz CT molecular complexity index is 1060. The van der Waals surface area contributed by atoms with Gasteiger partial charge in [-0.3, -0.25) is 4.79 Å². The highest BCUT2D eigenvalue weighted by molar-refractivity contribution is 6.32. The zero-order valence-electron chi connectivity index (χ0n) is 17.3. The Hall–Kier alpha value is -2.56. The number of rotatable bonds is 5. The van der Waals surface area contributed by atoms with Crippen molar-refractivity contribution < 1.29 is 14.3 Å². The van der Waals surface area contributed by atoms with E-state index in [9.17, 15) is 4.79 Å². The third-order valence-electron chi connectivity index (χ3n) is 5.67. The van der Waals surface area contributed by atoms with Gasteiger partial charge in [-0.15, -0.1) is 0 Å². The average molecular weight is 424 g/mol. The Labute approximate surface area is 182 Å². The summed E-state index contributed by atoms with van der Waals surface area (Å²) < 4.78 is 11.5. The normalized spacial score (nSPS) is 15.9. The van der Waals surface area contributed by atoms with Crippen LogP contribution in [0.15, 0.2) is 60.7 Å². The van der Waals surface area contributed by atoms with E-state index >= 15 is 0 Å². The van der Waals surface area contributed by atoms with Crippen molar-refractivity contribution in [3.05, 3.63) is 71.2 Å². The summed E-state index contributed by atoms with van der Waals surface area (Å²) in [7, 11) is 0. The number of benzene rings is 3. The van der Waals surface area contributed by atoms with E-state index in [1.165, 1.54) is 0 Å². The fourth-order valence-corrected chi connectivity index (χ4v) is 4.48. The first-order valence-corrected chi connectivity index (χ1v) is 10.7. The molecule has 0 saturated carbocycles. The van der Waals surface area contributed by atoms with Gasteiger partial charge in [0.05, 0.1) is 11.5 Å². The molecule has 0 unspecified atom stereocenters. The van der Waals surface area contributed by atoms with Crippen molar-refractivity contribution in [1.29, 1.82) is 0 Å². The van der Waals surface area contributed by atoms with Gasteiger partial charge in [-0.05, 0) is 50.5 Å². The van der Waals surface area contributed by atoms with Gasteiger partial charge in [0.2, 0.25) is 5.91 Å². The van der Waals surface area contributed by atoms with Crippen molar-refractivity contribution in [2.24, 2.45) is 0 Å². The number of carbonyl (C=O) groups excluding carboxylic acids is 1. The largest absolute Gasteiger partial charge is 0.490 e. The van der Waals surface area contributed by atoms with E-state index in [-0.39, 0.29) is 12.0 Å². The van der Waals surface area contributed by atoms with E-state index in [2.05, 4.69) is 5.32 Å². The molecule has 30 heavy (non-hydrogen) atoms. The molecule has 1 heterocycles. The number of fused-ring (bicyclic) bond motifs is 1. The number of amides is 1. The molecule has 4 nitrogen and oxygen atoms in total. The number of halogens is 1. The second-order valence-corrected chi connectivity index (χ2v) is 8.36. The highest BCUT2D eigenvalue weighted by atomic mass is 35.5. The molecule has 156 valence electrons. The second-order valence-electron chi connectivity index (χ2n) is 7.95. The van der Waals surface area contributed by atoms with E-state index in [0.717, 1.165) is 27.8 Å². The van der Waals surface area contributed by atoms with Crippen molar-refractivity contribution >= 4 is 34.0 Å². The number of nitrogens with one attached hydrogen (secondary N) is 1. The summed E-state index contributed by atoms with van der Waals surface area (Å²) in [5.41, 5.74) is 0.909.